The number of hydrogen-bond acceptors (Lipinski definition) is 3. The fourth-order valence-corrected chi connectivity index (χ4v) is 2.46. The first-order chi connectivity index (χ1) is 12.3. The van der Waals surface area contributed by atoms with Gasteiger partial charge in [0.15, 0.2) is 6.61 Å². The van der Waals surface area contributed by atoms with E-state index in [1.165, 1.54) is 12.1 Å². The van der Waals surface area contributed by atoms with Crippen molar-refractivity contribution in [3.63, 3.8) is 0 Å². The van der Waals surface area contributed by atoms with E-state index < -0.39 is 17.6 Å². The van der Waals surface area contributed by atoms with E-state index >= 15 is 0 Å². The standard InChI is InChI=1S/C19H16F3NO3/c1-12(17-10-13-4-2-3-5-16(13)26-17)23-18(24)11-25-15-8-6-14(7-9-15)19(20,21)22/h2-10,12H,11H2,1H3,(H,23,24)/t12-/m1/s1. The number of carbonyl (C=O) groups is 1. The predicted molar refractivity (Wildman–Crippen MR) is 89.7 cm³/mol. The smallest absolute Gasteiger partial charge is 0.416 e. The maximum Gasteiger partial charge on any atom is 0.416 e. The lowest BCUT2D eigenvalue weighted by atomic mass is 10.2. The number of amides is 1. The van der Waals surface area contributed by atoms with Crippen LogP contribution in [-0.2, 0) is 11.0 Å². The minimum atomic E-state index is -4.40. The van der Waals surface area contributed by atoms with Gasteiger partial charge in [-0.2, -0.15) is 13.2 Å². The van der Waals surface area contributed by atoms with Gasteiger partial charge in [-0.1, -0.05) is 18.2 Å². The SMILES string of the molecule is C[C@@H](NC(=O)COc1ccc(C(F)(F)F)cc1)c1cc2ccccc2o1. The fourth-order valence-electron chi connectivity index (χ4n) is 2.46. The molecule has 0 aliphatic heterocycles. The topological polar surface area (TPSA) is 51.5 Å². The summed E-state index contributed by atoms with van der Waals surface area (Å²) in [5, 5.41) is 3.66. The lowest BCUT2D eigenvalue weighted by molar-refractivity contribution is -0.137. The number of alkyl halides is 3. The largest absolute Gasteiger partial charge is 0.484 e. The third-order valence-electron chi connectivity index (χ3n) is 3.80. The Morgan fingerprint density at radius 3 is 2.50 bits per heavy atom. The second-order valence-corrected chi connectivity index (χ2v) is 5.79. The van der Waals surface area contributed by atoms with E-state index in [2.05, 4.69) is 5.32 Å². The Balaban J connectivity index is 1.55. The second kappa shape index (κ2) is 7.11. The average Bonchev–Trinajstić information content (AvgIpc) is 3.04. The molecule has 0 saturated heterocycles. The van der Waals surface area contributed by atoms with E-state index in [1.54, 1.807) is 6.92 Å². The number of furan rings is 1. The van der Waals surface area contributed by atoms with Crippen LogP contribution in [0.3, 0.4) is 0 Å². The lowest BCUT2D eigenvalue weighted by Crippen LogP contribution is -2.31. The number of fused-ring (bicyclic) bond motifs is 1. The maximum absolute atomic E-state index is 12.5. The number of nitrogens with one attached hydrogen (secondary N) is 1. The van der Waals surface area contributed by atoms with Crippen molar-refractivity contribution >= 4 is 16.9 Å². The van der Waals surface area contributed by atoms with Crippen molar-refractivity contribution in [3.05, 3.63) is 65.9 Å². The fraction of sp³-hybridized carbons (Fsp3) is 0.211. The Kier molecular flexibility index (Phi) is 4.88. The van der Waals surface area contributed by atoms with Crippen LogP contribution >= 0.6 is 0 Å². The van der Waals surface area contributed by atoms with Crippen molar-refractivity contribution in [2.75, 3.05) is 6.61 Å². The molecule has 3 aromatic rings. The Hall–Kier alpha value is -2.96. The highest BCUT2D eigenvalue weighted by Gasteiger charge is 2.30. The van der Waals surface area contributed by atoms with Crippen LogP contribution < -0.4 is 10.1 Å². The van der Waals surface area contributed by atoms with Gasteiger partial charge in [0.05, 0.1) is 11.6 Å². The number of benzene rings is 2. The molecule has 0 aliphatic carbocycles. The van der Waals surface area contributed by atoms with Gasteiger partial charge in [0, 0.05) is 5.39 Å². The molecule has 1 heterocycles. The summed E-state index contributed by atoms with van der Waals surface area (Å²) in [6.45, 7) is 1.46. The first kappa shape index (κ1) is 17.8. The van der Waals surface area contributed by atoms with Gasteiger partial charge in [-0.25, -0.2) is 0 Å². The normalized spacial score (nSPS) is 12.8. The van der Waals surface area contributed by atoms with Crippen LogP contribution in [0.25, 0.3) is 11.0 Å². The molecular formula is C19H16F3NO3. The number of halogens is 3. The molecule has 136 valence electrons. The number of rotatable bonds is 5. The highest BCUT2D eigenvalue weighted by molar-refractivity contribution is 5.79. The predicted octanol–water partition coefficient (Wildman–Crippen LogP) is 4.71. The van der Waals surface area contributed by atoms with Gasteiger partial charge in [-0.3, -0.25) is 4.79 Å². The van der Waals surface area contributed by atoms with E-state index in [9.17, 15) is 18.0 Å². The number of ether oxygens (including phenoxy) is 1. The Bertz CT molecular complexity index is 867. The molecule has 3 rings (SSSR count). The summed E-state index contributed by atoms with van der Waals surface area (Å²) in [5.74, 6) is 0.386. The van der Waals surface area contributed by atoms with Gasteiger partial charge in [0.1, 0.15) is 17.1 Å². The van der Waals surface area contributed by atoms with Crippen LogP contribution in [0.2, 0.25) is 0 Å². The summed E-state index contributed by atoms with van der Waals surface area (Å²) in [5.41, 5.74) is -0.0441. The summed E-state index contributed by atoms with van der Waals surface area (Å²) in [6, 6.07) is 13.1. The molecule has 1 N–H and O–H groups in total. The number of para-hydroxylation sites is 1. The van der Waals surface area contributed by atoms with Crippen LogP contribution in [0.5, 0.6) is 5.75 Å². The highest BCUT2D eigenvalue weighted by atomic mass is 19.4. The van der Waals surface area contributed by atoms with Crippen LogP contribution in [0.15, 0.2) is 59.0 Å². The second-order valence-electron chi connectivity index (χ2n) is 5.79. The third kappa shape index (κ3) is 4.17. The zero-order valence-electron chi connectivity index (χ0n) is 13.8. The Morgan fingerprint density at radius 1 is 1.15 bits per heavy atom. The molecule has 0 radical (unpaired) electrons. The molecule has 0 aliphatic rings. The van der Waals surface area contributed by atoms with E-state index in [0.29, 0.717) is 5.76 Å². The molecule has 0 fully saturated rings. The minimum Gasteiger partial charge on any atom is -0.484 e. The number of carbonyl (C=O) groups excluding carboxylic acids is 1. The van der Waals surface area contributed by atoms with Crippen molar-refractivity contribution in [1.29, 1.82) is 0 Å². The summed E-state index contributed by atoms with van der Waals surface area (Å²) in [7, 11) is 0. The van der Waals surface area contributed by atoms with Gasteiger partial charge in [0.25, 0.3) is 5.91 Å². The molecule has 0 saturated carbocycles. The minimum absolute atomic E-state index is 0.185. The van der Waals surface area contributed by atoms with Crippen molar-refractivity contribution in [2.45, 2.75) is 19.1 Å². The van der Waals surface area contributed by atoms with Crippen LogP contribution in [0.1, 0.15) is 24.3 Å². The Labute approximate surface area is 147 Å². The summed E-state index contributed by atoms with van der Waals surface area (Å²) >= 11 is 0. The molecule has 7 heteroatoms. The van der Waals surface area contributed by atoms with Gasteiger partial charge < -0.3 is 14.5 Å². The summed E-state index contributed by atoms with van der Waals surface area (Å²) in [4.78, 5) is 12.0. The quantitative estimate of drug-likeness (QED) is 0.714. The molecule has 1 aromatic heterocycles. The molecule has 0 unspecified atom stereocenters. The summed E-state index contributed by atoms with van der Waals surface area (Å²) < 4.78 is 48.4. The van der Waals surface area contributed by atoms with Crippen molar-refractivity contribution in [2.24, 2.45) is 0 Å². The van der Waals surface area contributed by atoms with Gasteiger partial charge in [0.2, 0.25) is 0 Å². The molecule has 1 atom stereocenters. The van der Waals surface area contributed by atoms with Crippen molar-refractivity contribution in [1.82, 2.24) is 5.32 Å². The van der Waals surface area contributed by atoms with Gasteiger partial charge in [-0.05, 0) is 43.3 Å². The molecule has 0 spiro atoms. The molecule has 26 heavy (non-hydrogen) atoms. The van der Waals surface area contributed by atoms with Crippen molar-refractivity contribution in [3.8, 4) is 5.75 Å². The Morgan fingerprint density at radius 2 is 1.85 bits per heavy atom. The van der Waals surface area contributed by atoms with E-state index in [0.717, 1.165) is 23.1 Å². The highest BCUT2D eigenvalue weighted by Crippen LogP contribution is 2.30. The van der Waals surface area contributed by atoms with E-state index in [1.807, 2.05) is 30.3 Å². The monoisotopic (exact) mass is 363 g/mol. The van der Waals surface area contributed by atoms with Crippen LogP contribution in [0.4, 0.5) is 13.2 Å². The molecule has 2 aromatic carbocycles. The zero-order valence-corrected chi connectivity index (χ0v) is 13.8. The summed E-state index contributed by atoms with van der Waals surface area (Å²) in [6.07, 6.45) is -4.40. The first-order valence-electron chi connectivity index (χ1n) is 7.91. The van der Waals surface area contributed by atoms with Gasteiger partial charge in [-0.15, -0.1) is 0 Å². The molecule has 4 nitrogen and oxygen atoms in total. The van der Waals surface area contributed by atoms with Crippen LogP contribution in [-0.4, -0.2) is 12.5 Å². The lowest BCUT2D eigenvalue weighted by Gasteiger charge is -2.12. The van der Waals surface area contributed by atoms with E-state index in [4.69, 9.17) is 9.15 Å². The average molecular weight is 363 g/mol. The van der Waals surface area contributed by atoms with Gasteiger partial charge >= 0.3 is 6.18 Å². The first-order valence-corrected chi connectivity index (χ1v) is 7.91. The third-order valence-corrected chi connectivity index (χ3v) is 3.80. The molecular weight excluding hydrogens is 347 g/mol. The maximum atomic E-state index is 12.5. The zero-order chi connectivity index (χ0) is 18.7. The van der Waals surface area contributed by atoms with Crippen molar-refractivity contribution < 1.29 is 27.1 Å². The van der Waals surface area contributed by atoms with Crippen LogP contribution in [0, 0.1) is 0 Å². The molecule has 1 amide bonds. The van der Waals surface area contributed by atoms with E-state index in [-0.39, 0.29) is 18.4 Å². The number of hydrogen-bond donors (Lipinski definition) is 1. The molecule has 0 bridgehead atoms.